The molecule has 1 N–H and O–H groups in total. The Labute approximate surface area is 102 Å². The number of aromatic nitrogens is 1. The number of rotatable bonds is 3. The molecule has 5 heteroatoms. The molecule has 0 atom stereocenters. The van der Waals surface area contributed by atoms with Crippen molar-refractivity contribution in [1.29, 1.82) is 0 Å². The van der Waals surface area contributed by atoms with Gasteiger partial charge in [0.15, 0.2) is 0 Å². The first-order valence-corrected chi connectivity index (χ1v) is 6.60. The third-order valence-electron chi connectivity index (χ3n) is 2.13. The van der Waals surface area contributed by atoms with E-state index in [0.717, 1.165) is 20.3 Å². The van der Waals surface area contributed by atoms with E-state index in [1.54, 1.807) is 17.5 Å². The van der Waals surface area contributed by atoms with E-state index in [4.69, 9.17) is 0 Å². The molecule has 0 aliphatic rings. The summed E-state index contributed by atoms with van der Waals surface area (Å²) in [6.07, 6.45) is 1.74. The minimum absolute atomic E-state index is 0.00852. The highest BCUT2D eigenvalue weighted by Gasteiger charge is 2.11. The smallest absolute Gasteiger partial charge is 0.261 e. The number of carbonyl (C=O) groups is 1. The molecule has 16 heavy (non-hydrogen) atoms. The molecule has 0 saturated heterocycles. The van der Waals surface area contributed by atoms with Gasteiger partial charge in [0.1, 0.15) is 5.01 Å². The van der Waals surface area contributed by atoms with Crippen LogP contribution in [0.3, 0.4) is 0 Å². The van der Waals surface area contributed by atoms with Crippen LogP contribution in [0.5, 0.6) is 0 Å². The van der Waals surface area contributed by atoms with Crippen LogP contribution in [0.2, 0.25) is 0 Å². The zero-order chi connectivity index (χ0) is 11.5. The van der Waals surface area contributed by atoms with Crippen molar-refractivity contribution in [1.82, 2.24) is 10.3 Å². The SMILES string of the molecule is Cc1cc(C)c(C(=O)NCc2nccs2)s1. The van der Waals surface area contributed by atoms with Crippen LogP contribution in [-0.2, 0) is 6.54 Å². The molecule has 0 radical (unpaired) electrons. The largest absolute Gasteiger partial charge is 0.345 e. The van der Waals surface area contributed by atoms with E-state index in [-0.39, 0.29) is 5.91 Å². The highest BCUT2D eigenvalue weighted by atomic mass is 32.1. The van der Waals surface area contributed by atoms with E-state index in [1.165, 1.54) is 11.3 Å². The number of nitrogens with one attached hydrogen (secondary N) is 1. The molecular weight excluding hydrogens is 240 g/mol. The molecule has 0 saturated carbocycles. The fraction of sp³-hybridized carbons (Fsp3) is 0.273. The quantitative estimate of drug-likeness (QED) is 0.912. The van der Waals surface area contributed by atoms with Gasteiger partial charge in [-0.25, -0.2) is 4.98 Å². The third-order valence-corrected chi connectivity index (χ3v) is 4.06. The maximum absolute atomic E-state index is 11.9. The molecule has 0 unspecified atom stereocenters. The van der Waals surface area contributed by atoms with Crippen molar-refractivity contribution in [3.8, 4) is 0 Å². The fourth-order valence-corrected chi connectivity index (χ4v) is 2.94. The molecule has 2 heterocycles. The van der Waals surface area contributed by atoms with Gasteiger partial charge in [-0.15, -0.1) is 22.7 Å². The molecule has 0 aliphatic carbocycles. The summed E-state index contributed by atoms with van der Waals surface area (Å²) in [4.78, 5) is 17.9. The van der Waals surface area contributed by atoms with Gasteiger partial charge in [-0.2, -0.15) is 0 Å². The molecule has 2 aromatic rings. The normalized spacial score (nSPS) is 10.4. The predicted octanol–water partition coefficient (Wildman–Crippen LogP) is 2.75. The van der Waals surface area contributed by atoms with Gasteiger partial charge < -0.3 is 5.32 Å². The monoisotopic (exact) mass is 252 g/mol. The molecule has 0 fully saturated rings. The van der Waals surface area contributed by atoms with Crippen LogP contribution in [0, 0.1) is 13.8 Å². The van der Waals surface area contributed by atoms with Crippen LogP contribution in [0.1, 0.15) is 25.1 Å². The van der Waals surface area contributed by atoms with Gasteiger partial charge in [0, 0.05) is 16.5 Å². The predicted molar refractivity (Wildman–Crippen MR) is 67.1 cm³/mol. The minimum Gasteiger partial charge on any atom is -0.345 e. The van der Waals surface area contributed by atoms with E-state index in [0.29, 0.717) is 6.54 Å². The third kappa shape index (κ3) is 2.48. The molecule has 0 aliphatic heterocycles. The van der Waals surface area contributed by atoms with Crippen molar-refractivity contribution in [2.75, 3.05) is 0 Å². The van der Waals surface area contributed by atoms with Crippen LogP contribution >= 0.6 is 22.7 Å². The number of amides is 1. The number of nitrogens with zero attached hydrogens (tertiary/aromatic N) is 1. The van der Waals surface area contributed by atoms with E-state index in [9.17, 15) is 4.79 Å². The zero-order valence-electron chi connectivity index (χ0n) is 9.11. The average molecular weight is 252 g/mol. The Morgan fingerprint density at radius 3 is 2.88 bits per heavy atom. The summed E-state index contributed by atoms with van der Waals surface area (Å²) in [5, 5.41) is 5.71. The van der Waals surface area contributed by atoms with Crippen molar-refractivity contribution in [2.24, 2.45) is 0 Å². The Bertz CT molecular complexity index is 488. The molecule has 2 aromatic heterocycles. The molecule has 1 amide bonds. The Balaban J connectivity index is 2.01. The van der Waals surface area contributed by atoms with Crippen molar-refractivity contribution in [3.63, 3.8) is 0 Å². The second-order valence-corrected chi connectivity index (χ2v) is 5.71. The molecule has 0 spiro atoms. The lowest BCUT2D eigenvalue weighted by Gasteiger charge is -2.01. The van der Waals surface area contributed by atoms with Crippen molar-refractivity contribution >= 4 is 28.6 Å². The van der Waals surface area contributed by atoms with Gasteiger partial charge in [-0.3, -0.25) is 4.79 Å². The average Bonchev–Trinajstić information content (AvgIpc) is 2.84. The van der Waals surface area contributed by atoms with Crippen LogP contribution < -0.4 is 5.32 Å². The lowest BCUT2D eigenvalue weighted by atomic mass is 10.2. The second kappa shape index (κ2) is 4.76. The number of aryl methyl sites for hydroxylation is 2. The Morgan fingerprint density at radius 1 is 1.50 bits per heavy atom. The summed E-state index contributed by atoms with van der Waals surface area (Å²) in [7, 11) is 0. The highest BCUT2D eigenvalue weighted by molar-refractivity contribution is 7.14. The molecule has 0 aromatic carbocycles. The number of carbonyl (C=O) groups excluding carboxylic acids is 1. The van der Waals surface area contributed by atoms with Crippen LogP contribution in [0.15, 0.2) is 17.6 Å². The summed E-state index contributed by atoms with van der Waals surface area (Å²) >= 11 is 3.08. The molecular formula is C11H12N2OS2. The van der Waals surface area contributed by atoms with E-state index < -0.39 is 0 Å². The van der Waals surface area contributed by atoms with Gasteiger partial charge >= 0.3 is 0 Å². The number of thiazole rings is 1. The topological polar surface area (TPSA) is 42.0 Å². The first kappa shape index (κ1) is 11.3. The molecule has 3 nitrogen and oxygen atoms in total. The summed E-state index contributed by atoms with van der Waals surface area (Å²) in [5.41, 5.74) is 1.04. The standard InChI is InChI=1S/C11H12N2OS2/c1-7-5-8(2)16-10(7)11(14)13-6-9-12-3-4-15-9/h3-5H,6H2,1-2H3,(H,13,14). The first-order chi connectivity index (χ1) is 7.66. The zero-order valence-corrected chi connectivity index (χ0v) is 10.7. The number of thiophene rings is 1. The minimum atomic E-state index is -0.00852. The van der Waals surface area contributed by atoms with Crippen LogP contribution in [0.4, 0.5) is 0 Å². The number of hydrogen-bond donors (Lipinski definition) is 1. The van der Waals surface area contributed by atoms with Gasteiger partial charge in [-0.1, -0.05) is 0 Å². The van der Waals surface area contributed by atoms with Crippen LogP contribution in [-0.4, -0.2) is 10.9 Å². The lowest BCUT2D eigenvalue weighted by Crippen LogP contribution is -2.22. The molecule has 84 valence electrons. The number of hydrogen-bond acceptors (Lipinski definition) is 4. The van der Waals surface area contributed by atoms with Crippen molar-refractivity contribution in [3.05, 3.63) is 38.0 Å². The van der Waals surface area contributed by atoms with E-state index in [2.05, 4.69) is 10.3 Å². The van der Waals surface area contributed by atoms with Gasteiger partial charge in [0.05, 0.1) is 11.4 Å². The second-order valence-electron chi connectivity index (χ2n) is 3.48. The maximum atomic E-state index is 11.9. The Morgan fingerprint density at radius 2 is 2.31 bits per heavy atom. The highest BCUT2D eigenvalue weighted by Crippen LogP contribution is 2.20. The van der Waals surface area contributed by atoms with Crippen molar-refractivity contribution in [2.45, 2.75) is 20.4 Å². The summed E-state index contributed by atoms with van der Waals surface area (Å²) < 4.78 is 0. The maximum Gasteiger partial charge on any atom is 0.261 e. The summed E-state index contributed by atoms with van der Waals surface area (Å²) in [5.74, 6) is -0.00852. The van der Waals surface area contributed by atoms with Crippen LogP contribution in [0.25, 0.3) is 0 Å². The molecule has 0 bridgehead atoms. The first-order valence-electron chi connectivity index (χ1n) is 4.90. The summed E-state index contributed by atoms with van der Waals surface area (Å²) in [6.45, 7) is 4.48. The lowest BCUT2D eigenvalue weighted by molar-refractivity contribution is 0.0954. The van der Waals surface area contributed by atoms with E-state index >= 15 is 0 Å². The van der Waals surface area contributed by atoms with Gasteiger partial charge in [0.2, 0.25) is 0 Å². The van der Waals surface area contributed by atoms with Crippen molar-refractivity contribution < 1.29 is 4.79 Å². The Kier molecular flexibility index (Phi) is 3.36. The van der Waals surface area contributed by atoms with E-state index in [1.807, 2.05) is 25.3 Å². The Hall–Kier alpha value is -1.20. The van der Waals surface area contributed by atoms with Gasteiger partial charge in [-0.05, 0) is 25.5 Å². The summed E-state index contributed by atoms with van der Waals surface area (Å²) in [6, 6.07) is 2.03. The van der Waals surface area contributed by atoms with Gasteiger partial charge in [0.25, 0.3) is 5.91 Å². The fourth-order valence-electron chi connectivity index (χ4n) is 1.44. The molecule has 2 rings (SSSR count).